The van der Waals surface area contributed by atoms with Crippen LogP contribution in [-0.4, -0.2) is 56.9 Å². The lowest BCUT2D eigenvalue weighted by molar-refractivity contribution is 0.0862. The second kappa shape index (κ2) is 9.89. The molecule has 9 heteroatoms. The van der Waals surface area contributed by atoms with Gasteiger partial charge in [-0.15, -0.1) is 5.10 Å². The predicted molar refractivity (Wildman–Crippen MR) is 112 cm³/mol. The minimum Gasteiger partial charge on any atom is -0.393 e. The SMILES string of the molecule is CCNC(=O)c1ccc(-n2nnc(C(=O)NC3CCC(O)CC3)c2CSC)cc1. The Labute approximate surface area is 174 Å². The predicted octanol–water partition coefficient (Wildman–Crippen LogP) is 1.91. The van der Waals surface area contributed by atoms with Crippen molar-refractivity contribution >= 4 is 23.6 Å². The van der Waals surface area contributed by atoms with Crippen LogP contribution in [0.25, 0.3) is 5.69 Å². The Bertz CT molecular complexity index is 844. The summed E-state index contributed by atoms with van der Waals surface area (Å²) in [4.78, 5) is 24.7. The van der Waals surface area contributed by atoms with Gasteiger partial charge in [-0.05, 0) is 63.1 Å². The molecular formula is C20H27N5O3S. The number of carbonyl (C=O) groups excluding carboxylic acids is 2. The highest BCUT2D eigenvalue weighted by Crippen LogP contribution is 2.21. The zero-order valence-electron chi connectivity index (χ0n) is 16.7. The summed E-state index contributed by atoms with van der Waals surface area (Å²) in [6, 6.07) is 7.12. The number of carbonyl (C=O) groups is 2. The highest BCUT2D eigenvalue weighted by molar-refractivity contribution is 7.97. The Balaban J connectivity index is 1.79. The fourth-order valence-electron chi connectivity index (χ4n) is 3.44. The third-order valence-corrected chi connectivity index (χ3v) is 5.56. The molecule has 29 heavy (non-hydrogen) atoms. The van der Waals surface area contributed by atoms with Crippen LogP contribution in [0.15, 0.2) is 24.3 Å². The van der Waals surface area contributed by atoms with Gasteiger partial charge in [0.1, 0.15) is 0 Å². The van der Waals surface area contributed by atoms with Crippen molar-refractivity contribution in [1.82, 2.24) is 25.6 Å². The molecule has 0 atom stereocenters. The van der Waals surface area contributed by atoms with E-state index in [0.717, 1.165) is 24.2 Å². The van der Waals surface area contributed by atoms with Gasteiger partial charge in [0.2, 0.25) is 0 Å². The van der Waals surface area contributed by atoms with Crippen molar-refractivity contribution in [3.63, 3.8) is 0 Å². The molecule has 1 saturated carbocycles. The molecule has 156 valence electrons. The molecule has 1 aromatic carbocycles. The summed E-state index contributed by atoms with van der Waals surface area (Å²) in [6.45, 7) is 2.44. The van der Waals surface area contributed by atoms with Crippen molar-refractivity contribution in [2.75, 3.05) is 12.8 Å². The zero-order valence-corrected chi connectivity index (χ0v) is 17.5. The second-order valence-electron chi connectivity index (χ2n) is 7.11. The van der Waals surface area contributed by atoms with Crippen molar-refractivity contribution < 1.29 is 14.7 Å². The van der Waals surface area contributed by atoms with Gasteiger partial charge in [0.15, 0.2) is 5.69 Å². The number of amides is 2. The van der Waals surface area contributed by atoms with Crippen LogP contribution in [0, 0.1) is 0 Å². The first-order valence-electron chi connectivity index (χ1n) is 9.84. The Kier molecular flexibility index (Phi) is 7.27. The summed E-state index contributed by atoms with van der Waals surface area (Å²) in [6.07, 6.45) is 4.62. The van der Waals surface area contributed by atoms with Gasteiger partial charge in [0.05, 0.1) is 17.5 Å². The number of rotatable bonds is 7. The number of benzene rings is 1. The number of hydrogen-bond donors (Lipinski definition) is 3. The first-order chi connectivity index (χ1) is 14.0. The number of hydrogen-bond acceptors (Lipinski definition) is 6. The minimum absolute atomic E-state index is 0.0505. The third-order valence-electron chi connectivity index (χ3n) is 5.00. The standard InChI is InChI=1S/C20H27N5O3S/c1-3-21-19(27)13-4-8-15(9-5-13)25-17(12-29-2)18(23-24-25)20(28)22-14-6-10-16(26)11-7-14/h4-5,8-9,14,16,26H,3,6-7,10-12H2,1-2H3,(H,21,27)(H,22,28). The number of aliphatic hydroxyl groups excluding tert-OH is 1. The summed E-state index contributed by atoms with van der Waals surface area (Å²) in [5.74, 6) is 0.220. The fourth-order valence-corrected chi connectivity index (χ4v) is 3.97. The van der Waals surface area contributed by atoms with E-state index >= 15 is 0 Å². The zero-order chi connectivity index (χ0) is 20.8. The number of nitrogens with one attached hydrogen (secondary N) is 2. The van der Waals surface area contributed by atoms with E-state index in [4.69, 9.17) is 0 Å². The highest BCUT2D eigenvalue weighted by Gasteiger charge is 2.25. The second-order valence-corrected chi connectivity index (χ2v) is 7.98. The molecule has 0 spiro atoms. The molecule has 0 aliphatic heterocycles. The lowest BCUT2D eigenvalue weighted by Gasteiger charge is -2.25. The maximum absolute atomic E-state index is 12.8. The van der Waals surface area contributed by atoms with Gasteiger partial charge in [-0.1, -0.05) is 5.21 Å². The minimum atomic E-state index is -0.265. The van der Waals surface area contributed by atoms with Crippen molar-refractivity contribution in [2.45, 2.75) is 50.5 Å². The summed E-state index contributed by atoms with van der Waals surface area (Å²) in [5.41, 5.74) is 2.35. The molecule has 1 heterocycles. The van der Waals surface area contributed by atoms with Gasteiger partial charge >= 0.3 is 0 Å². The monoisotopic (exact) mass is 417 g/mol. The molecule has 3 rings (SSSR count). The van der Waals surface area contributed by atoms with Crippen LogP contribution in [0.2, 0.25) is 0 Å². The van der Waals surface area contributed by atoms with E-state index in [9.17, 15) is 14.7 Å². The maximum atomic E-state index is 12.8. The molecule has 2 aromatic rings. The largest absolute Gasteiger partial charge is 0.393 e. The molecule has 2 amide bonds. The van der Waals surface area contributed by atoms with Gasteiger partial charge in [0.25, 0.3) is 11.8 Å². The van der Waals surface area contributed by atoms with Crippen molar-refractivity contribution in [3.8, 4) is 5.69 Å². The highest BCUT2D eigenvalue weighted by atomic mass is 32.2. The van der Waals surface area contributed by atoms with Crippen LogP contribution < -0.4 is 10.6 Å². The first kappa shape index (κ1) is 21.3. The summed E-state index contributed by atoms with van der Waals surface area (Å²) < 4.78 is 1.65. The molecule has 0 saturated heterocycles. The van der Waals surface area contributed by atoms with Crippen molar-refractivity contribution in [2.24, 2.45) is 0 Å². The van der Waals surface area contributed by atoms with E-state index in [1.165, 1.54) is 0 Å². The van der Waals surface area contributed by atoms with Crippen LogP contribution in [0.1, 0.15) is 59.1 Å². The summed E-state index contributed by atoms with van der Waals surface area (Å²) in [5, 5.41) is 23.8. The van der Waals surface area contributed by atoms with E-state index in [0.29, 0.717) is 36.4 Å². The molecule has 1 aliphatic carbocycles. The number of thioether (sulfide) groups is 1. The number of aliphatic hydroxyl groups is 1. The van der Waals surface area contributed by atoms with Gasteiger partial charge < -0.3 is 15.7 Å². The third kappa shape index (κ3) is 5.16. The number of aromatic nitrogens is 3. The molecule has 1 fully saturated rings. The van der Waals surface area contributed by atoms with E-state index in [-0.39, 0.29) is 24.0 Å². The normalized spacial score (nSPS) is 19.0. The lowest BCUT2D eigenvalue weighted by atomic mass is 9.93. The van der Waals surface area contributed by atoms with Gasteiger partial charge in [-0.3, -0.25) is 9.59 Å². The van der Waals surface area contributed by atoms with E-state index in [2.05, 4.69) is 20.9 Å². The molecule has 3 N–H and O–H groups in total. The lowest BCUT2D eigenvalue weighted by Crippen LogP contribution is -2.39. The maximum Gasteiger partial charge on any atom is 0.274 e. The van der Waals surface area contributed by atoms with Crippen LogP contribution in [0.3, 0.4) is 0 Å². The van der Waals surface area contributed by atoms with Crippen LogP contribution in [0.5, 0.6) is 0 Å². The summed E-state index contributed by atoms with van der Waals surface area (Å²) >= 11 is 1.58. The van der Waals surface area contributed by atoms with Crippen molar-refractivity contribution in [3.05, 3.63) is 41.2 Å². The topological polar surface area (TPSA) is 109 Å². The average molecular weight is 418 g/mol. The van der Waals surface area contributed by atoms with E-state index in [1.54, 1.807) is 40.7 Å². The molecule has 0 bridgehead atoms. The quantitative estimate of drug-likeness (QED) is 0.635. The smallest absolute Gasteiger partial charge is 0.274 e. The van der Waals surface area contributed by atoms with Crippen LogP contribution in [0.4, 0.5) is 0 Å². The molecule has 1 aliphatic rings. The first-order valence-corrected chi connectivity index (χ1v) is 11.2. The molecule has 8 nitrogen and oxygen atoms in total. The molecular weight excluding hydrogens is 390 g/mol. The van der Waals surface area contributed by atoms with Gasteiger partial charge in [-0.2, -0.15) is 11.8 Å². The Morgan fingerprint density at radius 1 is 1.17 bits per heavy atom. The van der Waals surface area contributed by atoms with E-state index in [1.807, 2.05) is 13.2 Å². The Morgan fingerprint density at radius 2 is 1.86 bits per heavy atom. The summed E-state index contributed by atoms with van der Waals surface area (Å²) in [7, 11) is 0. The average Bonchev–Trinajstić information content (AvgIpc) is 3.14. The van der Waals surface area contributed by atoms with Crippen LogP contribution >= 0.6 is 11.8 Å². The Hall–Kier alpha value is -2.39. The molecule has 0 radical (unpaired) electrons. The number of nitrogens with zero attached hydrogens (tertiary/aromatic N) is 3. The Morgan fingerprint density at radius 3 is 2.48 bits per heavy atom. The van der Waals surface area contributed by atoms with Gasteiger partial charge in [0, 0.05) is 23.9 Å². The molecule has 0 unspecified atom stereocenters. The van der Waals surface area contributed by atoms with E-state index < -0.39 is 0 Å². The fraction of sp³-hybridized carbons (Fsp3) is 0.500. The van der Waals surface area contributed by atoms with Crippen LogP contribution in [-0.2, 0) is 5.75 Å². The van der Waals surface area contributed by atoms with Gasteiger partial charge in [-0.25, -0.2) is 4.68 Å². The molecule has 1 aromatic heterocycles. The van der Waals surface area contributed by atoms with Crippen molar-refractivity contribution in [1.29, 1.82) is 0 Å².